The van der Waals surface area contributed by atoms with Crippen LogP contribution in [0.3, 0.4) is 0 Å². The lowest BCUT2D eigenvalue weighted by Gasteiger charge is -2.26. The normalized spacial score (nSPS) is 16.4. The highest BCUT2D eigenvalue weighted by atomic mass is 32.1. The van der Waals surface area contributed by atoms with Crippen LogP contribution in [-0.2, 0) is 17.8 Å². The van der Waals surface area contributed by atoms with Crippen molar-refractivity contribution in [2.24, 2.45) is 0 Å². The zero-order valence-electron chi connectivity index (χ0n) is 11.2. The van der Waals surface area contributed by atoms with E-state index in [0.717, 1.165) is 32.4 Å². The van der Waals surface area contributed by atoms with E-state index in [1.54, 1.807) is 11.3 Å². The standard InChI is InChI=1S/C14H19N3OS/c1-2-3-12(8-15)16-14(18)10-17-6-4-13-11(9-17)5-7-19-13/h5,7,12H,2-4,6,9-10H2,1H3,(H,16,18)/t12-/m0/s1. The van der Waals surface area contributed by atoms with Crippen molar-refractivity contribution in [3.8, 4) is 6.07 Å². The maximum absolute atomic E-state index is 11.9. The Labute approximate surface area is 118 Å². The molecule has 0 bridgehead atoms. The van der Waals surface area contributed by atoms with Gasteiger partial charge in [0.2, 0.25) is 5.91 Å². The number of carbonyl (C=O) groups is 1. The number of rotatable bonds is 5. The van der Waals surface area contributed by atoms with Gasteiger partial charge in [0.05, 0.1) is 12.6 Å². The molecule has 0 unspecified atom stereocenters. The van der Waals surface area contributed by atoms with Crippen LogP contribution >= 0.6 is 11.3 Å². The van der Waals surface area contributed by atoms with Crippen LogP contribution in [0, 0.1) is 11.3 Å². The van der Waals surface area contributed by atoms with Crippen molar-refractivity contribution in [1.82, 2.24) is 10.2 Å². The average Bonchev–Trinajstić information content (AvgIpc) is 2.85. The minimum atomic E-state index is -0.348. The van der Waals surface area contributed by atoms with Crippen LogP contribution < -0.4 is 5.32 Å². The van der Waals surface area contributed by atoms with Gasteiger partial charge in [-0.25, -0.2) is 0 Å². The first-order chi connectivity index (χ1) is 9.22. The van der Waals surface area contributed by atoms with E-state index in [0.29, 0.717) is 6.54 Å². The molecular weight excluding hydrogens is 258 g/mol. The summed E-state index contributed by atoms with van der Waals surface area (Å²) in [6.45, 7) is 4.17. The van der Waals surface area contributed by atoms with E-state index in [-0.39, 0.29) is 11.9 Å². The van der Waals surface area contributed by atoms with Crippen molar-refractivity contribution in [2.75, 3.05) is 13.1 Å². The predicted molar refractivity (Wildman–Crippen MR) is 75.8 cm³/mol. The van der Waals surface area contributed by atoms with Crippen LogP contribution in [0.15, 0.2) is 11.4 Å². The summed E-state index contributed by atoms with van der Waals surface area (Å²) in [5.41, 5.74) is 1.34. The molecular formula is C14H19N3OS. The molecule has 1 amide bonds. The fourth-order valence-electron chi connectivity index (χ4n) is 2.34. The van der Waals surface area contributed by atoms with Crippen LogP contribution in [-0.4, -0.2) is 29.9 Å². The quantitative estimate of drug-likeness (QED) is 0.894. The molecule has 1 aromatic heterocycles. The third-order valence-electron chi connectivity index (χ3n) is 3.32. The number of nitrogens with one attached hydrogen (secondary N) is 1. The summed E-state index contributed by atoms with van der Waals surface area (Å²) in [7, 11) is 0. The van der Waals surface area contributed by atoms with Gasteiger partial charge >= 0.3 is 0 Å². The summed E-state index contributed by atoms with van der Waals surface area (Å²) in [6.07, 6.45) is 2.65. The van der Waals surface area contributed by atoms with Crippen LogP contribution in [0.2, 0.25) is 0 Å². The smallest absolute Gasteiger partial charge is 0.235 e. The molecule has 1 aliphatic rings. The summed E-state index contributed by atoms with van der Waals surface area (Å²) in [6, 6.07) is 3.92. The number of amides is 1. The summed E-state index contributed by atoms with van der Waals surface area (Å²) >= 11 is 1.80. The molecule has 0 aliphatic carbocycles. The molecule has 1 aliphatic heterocycles. The van der Waals surface area contributed by atoms with Gasteiger partial charge in [0, 0.05) is 18.0 Å². The maximum Gasteiger partial charge on any atom is 0.235 e. The van der Waals surface area contributed by atoms with Crippen LogP contribution in [0.4, 0.5) is 0 Å². The monoisotopic (exact) mass is 277 g/mol. The van der Waals surface area contributed by atoms with Gasteiger partial charge < -0.3 is 5.32 Å². The fraction of sp³-hybridized carbons (Fsp3) is 0.571. The molecule has 2 heterocycles. The summed E-state index contributed by atoms with van der Waals surface area (Å²) in [5.74, 6) is -0.0429. The number of hydrogen-bond donors (Lipinski definition) is 1. The molecule has 1 N–H and O–H groups in total. The van der Waals surface area contributed by atoms with Crippen LogP contribution in [0.5, 0.6) is 0 Å². The summed E-state index contributed by atoms with van der Waals surface area (Å²) in [4.78, 5) is 15.5. The molecule has 2 rings (SSSR count). The summed E-state index contributed by atoms with van der Waals surface area (Å²) < 4.78 is 0. The van der Waals surface area contributed by atoms with Crippen molar-refractivity contribution in [1.29, 1.82) is 5.26 Å². The molecule has 19 heavy (non-hydrogen) atoms. The Kier molecular flexibility index (Phi) is 4.94. The lowest BCUT2D eigenvalue weighted by atomic mass is 10.1. The molecule has 0 spiro atoms. The van der Waals surface area contributed by atoms with Crippen molar-refractivity contribution in [3.05, 3.63) is 21.9 Å². The Hall–Kier alpha value is -1.38. The second-order valence-electron chi connectivity index (χ2n) is 4.87. The number of nitrogens with zero attached hydrogens (tertiary/aromatic N) is 2. The molecule has 0 saturated heterocycles. The Bertz CT molecular complexity index is 477. The second-order valence-corrected chi connectivity index (χ2v) is 5.87. The van der Waals surface area contributed by atoms with Crippen LogP contribution in [0.25, 0.3) is 0 Å². The first-order valence-electron chi connectivity index (χ1n) is 6.69. The van der Waals surface area contributed by atoms with Crippen molar-refractivity contribution < 1.29 is 4.79 Å². The number of thiophene rings is 1. The van der Waals surface area contributed by atoms with E-state index in [1.807, 2.05) is 6.92 Å². The largest absolute Gasteiger partial charge is 0.339 e. The van der Waals surface area contributed by atoms with Crippen molar-refractivity contribution >= 4 is 17.2 Å². The number of hydrogen-bond acceptors (Lipinski definition) is 4. The molecule has 0 saturated carbocycles. The predicted octanol–water partition coefficient (Wildman–Crippen LogP) is 1.91. The first-order valence-corrected chi connectivity index (χ1v) is 7.57. The zero-order chi connectivity index (χ0) is 13.7. The van der Waals surface area contributed by atoms with Gasteiger partial charge in [-0.2, -0.15) is 5.26 Å². The van der Waals surface area contributed by atoms with Gasteiger partial charge in [-0.3, -0.25) is 9.69 Å². The minimum absolute atomic E-state index is 0.0429. The fourth-order valence-corrected chi connectivity index (χ4v) is 3.23. The third kappa shape index (κ3) is 3.79. The van der Waals surface area contributed by atoms with E-state index < -0.39 is 0 Å². The van der Waals surface area contributed by atoms with Crippen LogP contribution in [0.1, 0.15) is 30.2 Å². The topological polar surface area (TPSA) is 56.1 Å². The molecule has 0 aromatic carbocycles. The Morgan fingerprint density at radius 1 is 1.68 bits per heavy atom. The third-order valence-corrected chi connectivity index (χ3v) is 4.35. The SMILES string of the molecule is CCC[C@@H](C#N)NC(=O)CN1CCc2sccc2C1. The van der Waals surface area contributed by atoms with E-state index >= 15 is 0 Å². The van der Waals surface area contributed by atoms with E-state index in [1.165, 1.54) is 10.4 Å². The molecule has 1 atom stereocenters. The highest BCUT2D eigenvalue weighted by Gasteiger charge is 2.20. The Morgan fingerprint density at radius 3 is 3.26 bits per heavy atom. The highest BCUT2D eigenvalue weighted by molar-refractivity contribution is 7.10. The number of carbonyl (C=O) groups excluding carboxylic acids is 1. The van der Waals surface area contributed by atoms with Gasteiger partial charge in [-0.1, -0.05) is 13.3 Å². The zero-order valence-corrected chi connectivity index (χ0v) is 12.0. The molecule has 5 heteroatoms. The van der Waals surface area contributed by atoms with Crippen molar-refractivity contribution in [2.45, 2.75) is 38.8 Å². The minimum Gasteiger partial charge on any atom is -0.339 e. The van der Waals surface area contributed by atoms with Gasteiger partial charge in [0.15, 0.2) is 0 Å². The second kappa shape index (κ2) is 6.69. The Morgan fingerprint density at radius 2 is 2.53 bits per heavy atom. The lowest BCUT2D eigenvalue weighted by Crippen LogP contribution is -2.43. The molecule has 0 radical (unpaired) electrons. The number of nitriles is 1. The maximum atomic E-state index is 11.9. The van der Waals surface area contributed by atoms with Crippen molar-refractivity contribution in [3.63, 3.8) is 0 Å². The lowest BCUT2D eigenvalue weighted by molar-refractivity contribution is -0.122. The molecule has 1 aromatic rings. The number of fused-ring (bicyclic) bond motifs is 1. The Balaban J connectivity index is 1.82. The van der Waals surface area contributed by atoms with Gasteiger partial charge in [-0.15, -0.1) is 11.3 Å². The molecule has 0 fully saturated rings. The average molecular weight is 277 g/mol. The highest BCUT2D eigenvalue weighted by Crippen LogP contribution is 2.23. The van der Waals surface area contributed by atoms with E-state index in [9.17, 15) is 4.79 Å². The van der Waals surface area contributed by atoms with Gasteiger partial charge in [0.25, 0.3) is 0 Å². The van der Waals surface area contributed by atoms with Gasteiger partial charge in [-0.05, 0) is 29.9 Å². The van der Waals surface area contributed by atoms with E-state index in [2.05, 4.69) is 27.7 Å². The molecule has 4 nitrogen and oxygen atoms in total. The van der Waals surface area contributed by atoms with Gasteiger partial charge in [0.1, 0.15) is 6.04 Å². The first kappa shape index (κ1) is 14.0. The van der Waals surface area contributed by atoms with E-state index in [4.69, 9.17) is 5.26 Å². The summed E-state index contributed by atoms with van der Waals surface area (Å²) in [5, 5.41) is 13.8. The molecule has 102 valence electrons.